The van der Waals surface area contributed by atoms with E-state index in [1.807, 2.05) is 56.4 Å². The van der Waals surface area contributed by atoms with E-state index in [-0.39, 0.29) is 101 Å². The van der Waals surface area contributed by atoms with Gasteiger partial charge in [0.05, 0.1) is 22.1 Å². The van der Waals surface area contributed by atoms with Crippen molar-refractivity contribution in [3.63, 3.8) is 0 Å². The van der Waals surface area contributed by atoms with Crippen molar-refractivity contribution in [2.75, 3.05) is 76.0 Å². The number of halogens is 5. The van der Waals surface area contributed by atoms with Gasteiger partial charge in [-0.2, -0.15) is 0 Å². The minimum Gasteiger partial charge on any atom is -1.00 e. The van der Waals surface area contributed by atoms with Gasteiger partial charge in [-0.1, -0.05) is 24.3 Å². The Balaban J connectivity index is -0.000000717. The average molecular weight is 840 g/mol. The van der Waals surface area contributed by atoms with Crippen LogP contribution in [0.25, 0.3) is 43.6 Å². The molecule has 0 spiro atoms. The second kappa shape index (κ2) is 21.3. The first-order valence-corrected chi connectivity index (χ1v) is 13.5. The van der Waals surface area contributed by atoms with Gasteiger partial charge in [0.15, 0.2) is 0 Å². The maximum Gasteiger partial charge on any atom is 2.00 e. The van der Waals surface area contributed by atoms with E-state index in [0.717, 1.165) is 22.1 Å². The van der Waals surface area contributed by atoms with E-state index in [2.05, 4.69) is 105 Å². The molecule has 0 saturated heterocycles. The van der Waals surface area contributed by atoms with Crippen LogP contribution in [0, 0.1) is 0 Å². The molecule has 0 aliphatic rings. The van der Waals surface area contributed by atoms with Crippen LogP contribution in [0.15, 0.2) is 84.9 Å². The Kier molecular flexibility index (Phi) is 22.4. The molecule has 6 rings (SSSR count). The molecule has 13 heteroatoms. The maximum atomic E-state index is 4.81. The molecule has 2 heterocycles. The van der Waals surface area contributed by atoms with Crippen LogP contribution in [0.3, 0.4) is 0 Å². The van der Waals surface area contributed by atoms with E-state index < -0.39 is 0 Å². The zero-order valence-electron chi connectivity index (χ0n) is 28.1. The van der Waals surface area contributed by atoms with Gasteiger partial charge in [-0.05, 0) is 60.7 Å². The van der Waals surface area contributed by atoms with Crippen molar-refractivity contribution in [2.24, 2.45) is 0 Å². The van der Waals surface area contributed by atoms with Crippen molar-refractivity contribution in [1.29, 1.82) is 0 Å². The third-order valence-corrected chi connectivity index (χ3v) is 7.23. The molecule has 0 aliphatic heterocycles. The minimum atomic E-state index is 0. The number of aromatic nitrogens is 2. The van der Waals surface area contributed by atoms with Crippen LogP contribution in [-0.2, 0) is 39.0 Å². The smallest absolute Gasteiger partial charge is 1.00 e. The van der Waals surface area contributed by atoms with E-state index in [0.29, 0.717) is 0 Å². The monoisotopic (exact) mass is 834 g/mol. The molecule has 0 radical (unpaired) electrons. The summed E-state index contributed by atoms with van der Waals surface area (Å²) in [6, 6.07) is 30.0. The molecule has 6 aromatic rings. The first kappa shape index (κ1) is 49.5. The van der Waals surface area contributed by atoms with Gasteiger partial charge in [0.2, 0.25) is 0 Å². The molecule has 0 bridgehead atoms. The predicted molar refractivity (Wildman–Crippen MR) is 183 cm³/mol. The summed E-state index contributed by atoms with van der Waals surface area (Å²) in [5, 5.41) is 4.72. The van der Waals surface area contributed by atoms with Crippen LogP contribution < -0.4 is 69.2 Å². The SMILES string of the molecule is CN(C)c1ccc2cc3ccc(N(C)C)cc3nc2c1.CN(C)c1ccc2cc3ccc(N(C)C)cc3nc2c1.Cl.[Cl-].[Cl-].[Cl-].[Cl-].[Zn+2].[Zn+2]. The van der Waals surface area contributed by atoms with E-state index in [9.17, 15) is 0 Å². The van der Waals surface area contributed by atoms with Gasteiger partial charge in [0, 0.05) is 101 Å². The topological polar surface area (TPSA) is 38.7 Å². The van der Waals surface area contributed by atoms with Crippen LogP contribution in [0.2, 0.25) is 0 Å². The molecule has 4 aromatic carbocycles. The third-order valence-electron chi connectivity index (χ3n) is 7.23. The Morgan fingerprint density at radius 2 is 0.532 bits per heavy atom. The normalized spacial score (nSPS) is 9.36. The van der Waals surface area contributed by atoms with Gasteiger partial charge >= 0.3 is 39.0 Å². The standard InChI is InChI=1S/2C17H19N3.5ClH.2Zn/c2*1-19(2)14-7-5-12-9-13-6-8-15(20(3)4)11-17(13)18-16(12)10-14;;;;;;;/h2*5-11H,1-4H3;5*1H;;/q;;;;;;;2*+2/p-4. The minimum absolute atomic E-state index is 0. The molecule has 244 valence electrons. The Morgan fingerprint density at radius 3 is 0.702 bits per heavy atom. The second-order valence-electron chi connectivity index (χ2n) is 11.1. The molecule has 0 amide bonds. The van der Waals surface area contributed by atoms with Crippen LogP contribution in [0.5, 0.6) is 0 Å². The van der Waals surface area contributed by atoms with Crippen molar-refractivity contribution in [1.82, 2.24) is 9.97 Å². The molecule has 0 atom stereocenters. The van der Waals surface area contributed by atoms with Crippen LogP contribution in [0.1, 0.15) is 0 Å². The van der Waals surface area contributed by atoms with Crippen LogP contribution in [-0.4, -0.2) is 66.3 Å². The summed E-state index contributed by atoms with van der Waals surface area (Å²) in [5.74, 6) is 0. The average Bonchev–Trinajstić information content (AvgIpc) is 2.93. The summed E-state index contributed by atoms with van der Waals surface area (Å²) in [5.41, 5.74) is 8.86. The van der Waals surface area contributed by atoms with Crippen LogP contribution in [0.4, 0.5) is 22.7 Å². The third kappa shape index (κ3) is 11.6. The molecular formula is C34H39Cl5N6Zn2. The molecule has 6 nitrogen and oxygen atoms in total. The molecule has 47 heavy (non-hydrogen) atoms. The molecule has 0 unspecified atom stereocenters. The fourth-order valence-corrected chi connectivity index (χ4v) is 4.71. The first-order chi connectivity index (χ1) is 19.1. The maximum absolute atomic E-state index is 4.81. The van der Waals surface area contributed by atoms with Crippen molar-refractivity contribution >= 4 is 78.8 Å². The van der Waals surface area contributed by atoms with Gasteiger partial charge in [-0.15, -0.1) is 12.4 Å². The Morgan fingerprint density at radius 1 is 0.340 bits per heavy atom. The van der Waals surface area contributed by atoms with Gasteiger partial charge in [-0.3, -0.25) is 0 Å². The van der Waals surface area contributed by atoms with Crippen LogP contribution >= 0.6 is 12.4 Å². The van der Waals surface area contributed by atoms with E-state index in [1.54, 1.807) is 0 Å². The Bertz CT molecular complexity index is 1590. The molecule has 0 N–H and O–H groups in total. The number of nitrogens with zero attached hydrogens (tertiary/aromatic N) is 6. The number of hydrogen-bond acceptors (Lipinski definition) is 6. The fourth-order valence-electron chi connectivity index (χ4n) is 4.71. The molecule has 2 aromatic heterocycles. The van der Waals surface area contributed by atoms with Crippen molar-refractivity contribution < 1.29 is 88.6 Å². The van der Waals surface area contributed by atoms with Crippen molar-refractivity contribution in [3.05, 3.63) is 84.9 Å². The predicted octanol–water partition coefficient (Wildman–Crippen LogP) is -4.53. The van der Waals surface area contributed by atoms with E-state index in [1.165, 1.54) is 44.3 Å². The summed E-state index contributed by atoms with van der Waals surface area (Å²) in [4.78, 5) is 18.0. The number of fused-ring (bicyclic) bond motifs is 4. The van der Waals surface area contributed by atoms with Gasteiger partial charge in [-0.25, -0.2) is 9.97 Å². The van der Waals surface area contributed by atoms with E-state index in [4.69, 9.17) is 9.97 Å². The van der Waals surface area contributed by atoms with Crippen molar-refractivity contribution in [2.45, 2.75) is 0 Å². The second-order valence-corrected chi connectivity index (χ2v) is 11.1. The Hall–Kier alpha value is -1.88. The van der Waals surface area contributed by atoms with Gasteiger partial charge < -0.3 is 69.2 Å². The fraction of sp³-hybridized carbons (Fsp3) is 0.235. The number of hydrogen-bond donors (Lipinski definition) is 0. The number of anilines is 4. The number of benzene rings is 4. The molecule has 0 aliphatic carbocycles. The quantitative estimate of drug-likeness (QED) is 0.132. The summed E-state index contributed by atoms with van der Waals surface area (Å²) >= 11 is 0. The van der Waals surface area contributed by atoms with E-state index >= 15 is 0 Å². The summed E-state index contributed by atoms with van der Waals surface area (Å²) in [6.45, 7) is 0. The van der Waals surface area contributed by atoms with Gasteiger partial charge in [0.1, 0.15) is 0 Å². The largest absolute Gasteiger partial charge is 2.00 e. The Labute approximate surface area is 335 Å². The summed E-state index contributed by atoms with van der Waals surface area (Å²) in [7, 11) is 16.4. The number of pyridine rings is 2. The summed E-state index contributed by atoms with van der Waals surface area (Å²) < 4.78 is 0. The first-order valence-electron chi connectivity index (χ1n) is 13.5. The van der Waals surface area contributed by atoms with Crippen molar-refractivity contribution in [3.8, 4) is 0 Å². The summed E-state index contributed by atoms with van der Waals surface area (Å²) in [6.07, 6.45) is 0. The van der Waals surface area contributed by atoms with Gasteiger partial charge in [0.25, 0.3) is 0 Å². The number of rotatable bonds is 4. The molecule has 0 fully saturated rings. The molecular weight excluding hydrogens is 800 g/mol. The zero-order chi connectivity index (χ0) is 28.6. The zero-order valence-corrected chi connectivity index (χ0v) is 37.9. The molecule has 0 saturated carbocycles.